The Morgan fingerprint density at radius 1 is 1.00 bits per heavy atom. The van der Waals surface area contributed by atoms with Crippen molar-refractivity contribution in [1.29, 1.82) is 0 Å². The van der Waals surface area contributed by atoms with Crippen molar-refractivity contribution in [2.75, 3.05) is 7.11 Å². The Hall–Kier alpha value is -1.09. The van der Waals surface area contributed by atoms with Gasteiger partial charge in [-0.3, -0.25) is 4.79 Å². The third-order valence-corrected chi connectivity index (χ3v) is 13.2. The second-order valence-corrected chi connectivity index (χ2v) is 14.1. The van der Waals surface area contributed by atoms with Gasteiger partial charge in [0.05, 0.1) is 20.7 Å². The number of ether oxygens (including phenoxy) is 1. The van der Waals surface area contributed by atoms with Gasteiger partial charge in [-0.2, -0.15) is 0 Å². The number of carbonyl (C=O) groups excluding carboxylic acids is 1. The van der Waals surface area contributed by atoms with E-state index in [2.05, 4.69) is 60.2 Å². The molecule has 2 nitrogen and oxygen atoms in total. The highest BCUT2D eigenvalue weighted by molar-refractivity contribution is 6.87. The third kappa shape index (κ3) is 3.23. The van der Waals surface area contributed by atoms with E-state index >= 15 is 0 Å². The van der Waals surface area contributed by atoms with E-state index in [0.717, 1.165) is 5.56 Å². The van der Waals surface area contributed by atoms with Gasteiger partial charge in [0.15, 0.2) is 0 Å². The average Bonchev–Trinajstić information content (AvgIpc) is 2.37. The van der Waals surface area contributed by atoms with Crippen molar-refractivity contribution in [2.24, 2.45) is 0 Å². The van der Waals surface area contributed by atoms with E-state index < -0.39 is 8.07 Å². The van der Waals surface area contributed by atoms with E-state index in [-0.39, 0.29) is 21.6 Å². The van der Waals surface area contributed by atoms with Gasteiger partial charge in [-0.25, -0.2) is 0 Å². The van der Waals surface area contributed by atoms with Crippen molar-refractivity contribution in [3.8, 4) is 0 Å². The van der Waals surface area contributed by atoms with Gasteiger partial charge in [0.1, 0.15) is 0 Å². The van der Waals surface area contributed by atoms with Crippen molar-refractivity contribution < 1.29 is 9.53 Å². The first-order valence-electron chi connectivity index (χ1n) is 7.59. The molecule has 0 fully saturated rings. The molecule has 0 bridgehead atoms. The van der Waals surface area contributed by atoms with Crippen molar-refractivity contribution in [2.45, 2.75) is 63.7 Å². The minimum Gasteiger partial charge on any atom is -0.469 e. The molecule has 0 saturated carbocycles. The number of hydrogen-bond donors (Lipinski definition) is 0. The van der Waals surface area contributed by atoms with Crippen LogP contribution in [0.15, 0.2) is 30.3 Å². The molecule has 0 saturated heterocycles. The standard InChI is InChI=1S/C18H30O2Si/c1-17(2,3)21(8,18(4,5)6)15(16(19)20-7)14-12-10-9-11-13-14/h9-13,15H,1-8H3/t15-/m0/s1. The summed E-state index contributed by atoms with van der Waals surface area (Å²) < 4.78 is 5.20. The Bertz CT molecular complexity index is 466. The van der Waals surface area contributed by atoms with E-state index in [1.807, 2.05) is 18.2 Å². The maximum absolute atomic E-state index is 12.7. The van der Waals surface area contributed by atoms with Crippen LogP contribution in [0.1, 0.15) is 52.6 Å². The summed E-state index contributed by atoms with van der Waals surface area (Å²) in [5.74, 6) is -0.0970. The van der Waals surface area contributed by atoms with Gasteiger partial charge in [0.2, 0.25) is 0 Å². The Kier molecular flexibility index (Phi) is 5.09. The van der Waals surface area contributed by atoms with Crippen LogP contribution in [-0.4, -0.2) is 21.2 Å². The Morgan fingerprint density at radius 3 is 1.76 bits per heavy atom. The lowest BCUT2D eigenvalue weighted by Gasteiger charge is -2.53. The molecule has 1 atom stereocenters. The van der Waals surface area contributed by atoms with E-state index in [0.29, 0.717) is 0 Å². The van der Waals surface area contributed by atoms with Crippen LogP contribution in [0.3, 0.4) is 0 Å². The molecule has 0 amide bonds. The molecule has 1 aromatic carbocycles. The molecule has 0 aliphatic carbocycles. The summed E-state index contributed by atoms with van der Waals surface area (Å²) in [4.78, 5) is 12.7. The summed E-state index contributed by atoms with van der Waals surface area (Å²) >= 11 is 0. The number of rotatable bonds is 3. The molecule has 0 heterocycles. The zero-order chi connectivity index (χ0) is 16.5. The maximum Gasteiger partial charge on any atom is 0.310 e. The molecule has 21 heavy (non-hydrogen) atoms. The molecule has 0 unspecified atom stereocenters. The molecule has 0 aromatic heterocycles. The van der Waals surface area contributed by atoms with Crippen LogP contribution in [0.25, 0.3) is 0 Å². The highest BCUT2D eigenvalue weighted by atomic mass is 28.3. The largest absolute Gasteiger partial charge is 0.469 e. The van der Waals surface area contributed by atoms with Gasteiger partial charge in [0, 0.05) is 0 Å². The number of benzene rings is 1. The number of carbonyl (C=O) groups is 1. The summed E-state index contributed by atoms with van der Waals surface area (Å²) in [5.41, 5.74) is 0.937. The van der Waals surface area contributed by atoms with Gasteiger partial charge in [-0.05, 0) is 15.6 Å². The van der Waals surface area contributed by atoms with Gasteiger partial charge in [-0.15, -0.1) is 0 Å². The van der Waals surface area contributed by atoms with Crippen LogP contribution in [0.5, 0.6) is 0 Å². The van der Waals surface area contributed by atoms with Gasteiger partial charge in [0.25, 0.3) is 0 Å². The van der Waals surface area contributed by atoms with Crippen molar-refractivity contribution in [1.82, 2.24) is 0 Å². The fourth-order valence-electron chi connectivity index (χ4n) is 3.46. The van der Waals surface area contributed by atoms with Gasteiger partial charge >= 0.3 is 5.97 Å². The van der Waals surface area contributed by atoms with E-state index in [4.69, 9.17) is 4.74 Å². The second-order valence-electron chi connectivity index (χ2n) is 8.07. The molecular weight excluding hydrogens is 276 g/mol. The summed E-state index contributed by atoms with van der Waals surface area (Å²) in [6, 6.07) is 10.1. The van der Waals surface area contributed by atoms with Crippen LogP contribution < -0.4 is 0 Å². The average molecular weight is 307 g/mol. The monoisotopic (exact) mass is 306 g/mol. The van der Waals surface area contributed by atoms with Crippen LogP contribution in [0.4, 0.5) is 0 Å². The van der Waals surface area contributed by atoms with Crippen molar-refractivity contribution in [3.05, 3.63) is 35.9 Å². The fourth-order valence-corrected chi connectivity index (χ4v) is 8.89. The minimum atomic E-state index is -2.08. The number of methoxy groups -OCH3 is 1. The zero-order valence-corrected chi connectivity index (χ0v) is 15.8. The molecule has 1 rings (SSSR count). The summed E-state index contributed by atoms with van der Waals surface area (Å²) in [6.45, 7) is 16.0. The highest BCUT2D eigenvalue weighted by Gasteiger charge is 2.57. The quantitative estimate of drug-likeness (QED) is 0.569. The first-order chi connectivity index (χ1) is 9.46. The van der Waals surface area contributed by atoms with Crippen molar-refractivity contribution in [3.63, 3.8) is 0 Å². The molecule has 0 spiro atoms. The maximum atomic E-state index is 12.7. The molecule has 0 aliphatic heterocycles. The fraction of sp³-hybridized carbons (Fsp3) is 0.611. The first-order valence-corrected chi connectivity index (χ1v) is 10.2. The number of esters is 1. The van der Waals surface area contributed by atoms with E-state index in [9.17, 15) is 4.79 Å². The molecule has 0 radical (unpaired) electrons. The highest BCUT2D eigenvalue weighted by Crippen LogP contribution is 2.57. The number of hydrogen-bond acceptors (Lipinski definition) is 2. The predicted molar refractivity (Wildman–Crippen MR) is 92.2 cm³/mol. The SMILES string of the molecule is COC(=O)[C@H](c1ccccc1)[Si](C)(C(C)(C)C)C(C)(C)C. The Balaban J connectivity index is 3.58. The summed E-state index contributed by atoms with van der Waals surface area (Å²) in [5, 5.41) is 0.167. The van der Waals surface area contributed by atoms with Gasteiger partial charge in [-0.1, -0.05) is 78.4 Å². The van der Waals surface area contributed by atoms with Crippen LogP contribution in [0, 0.1) is 0 Å². The Morgan fingerprint density at radius 2 is 1.43 bits per heavy atom. The zero-order valence-electron chi connectivity index (χ0n) is 14.8. The van der Waals surface area contributed by atoms with Crippen molar-refractivity contribution >= 4 is 14.0 Å². The summed E-state index contributed by atoms with van der Waals surface area (Å²) in [6.07, 6.45) is 0. The lowest BCUT2D eigenvalue weighted by atomic mass is 10.1. The van der Waals surface area contributed by atoms with Crippen LogP contribution in [-0.2, 0) is 9.53 Å². The molecule has 0 N–H and O–H groups in total. The Labute approximate surface area is 130 Å². The molecule has 3 heteroatoms. The smallest absolute Gasteiger partial charge is 0.310 e. The molecular formula is C18H30O2Si. The predicted octanol–water partition coefficient (Wildman–Crippen LogP) is 5.16. The summed E-state index contributed by atoms with van der Waals surface area (Å²) in [7, 11) is -0.583. The van der Waals surface area contributed by atoms with Crippen LogP contribution >= 0.6 is 0 Å². The molecule has 118 valence electrons. The van der Waals surface area contributed by atoms with E-state index in [1.165, 1.54) is 7.11 Å². The first kappa shape index (κ1) is 18.0. The normalized spacial score (nSPS) is 14.7. The minimum absolute atomic E-state index is 0.0833. The van der Waals surface area contributed by atoms with Crippen LogP contribution in [0.2, 0.25) is 16.6 Å². The molecule has 0 aliphatic rings. The lowest BCUT2D eigenvalue weighted by Crippen LogP contribution is -2.56. The lowest BCUT2D eigenvalue weighted by molar-refractivity contribution is -0.140. The topological polar surface area (TPSA) is 26.3 Å². The second kappa shape index (κ2) is 5.96. The van der Waals surface area contributed by atoms with Gasteiger partial charge < -0.3 is 4.74 Å². The van der Waals surface area contributed by atoms with E-state index in [1.54, 1.807) is 0 Å². The third-order valence-electron chi connectivity index (χ3n) is 5.26. The molecule has 1 aromatic rings.